The Morgan fingerprint density at radius 1 is 1.30 bits per heavy atom. The van der Waals surface area contributed by atoms with Crippen LogP contribution in [0.1, 0.15) is 32.1 Å². The fourth-order valence-electron chi connectivity index (χ4n) is 2.44. The molecule has 1 aromatic carbocycles. The van der Waals surface area contributed by atoms with E-state index in [1.807, 2.05) is 0 Å². The second-order valence-electron chi connectivity index (χ2n) is 5.32. The molecule has 7 heteroatoms. The summed E-state index contributed by atoms with van der Waals surface area (Å²) in [5, 5.41) is 0.196. The van der Waals surface area contributed by atoms with E-state index >= 15 is 0 Å². The summed E-state index contributed by atoms with van der Waals surface area (Å²) in [5.41, 5.74) is 5.80. The lowest BCUT2D eigenvalue weighted by Gasteiger charge is -2.33. The minimum absolute atomic E-state index is 0.0850. The molecule has 3 N–H and O–H groups in total. The molecular formula is C13H18BrClN2O2S. The second kappa shape index (κ2) is 6.32. The molecule has 0 amide bonds. The molecule has 0 radical (unpaired) electrons. The van der Waals surface area contributed by atoms with Crippen molar-refractivity contribution in [3.8, 4) is 0 Å². The van der Waals surface area contributed by atoms with Crippen LogP contribution in [0, 0.1) is 0 Å². The molecule has 0 aliphatic heterocycles. The maximum Gasteiger partial charge on any atom is 0.242 e. The van der Waals surface area contributed by atoms with Gasteiger partial charge in [0.1, 0.15) is 4.90 Å². The monoisotopic (exact) mass is 380 g/mol. The van der Waals surface area contributed by atoms with E-state index in [1.165, 1.54) is 12.5 Å². The van der Waals surface area contributed by atoms with Gasteiger partial charge in [0.25, 0.3) is 0 Å². The topological polar surface area (TPSA) is 72.2 Å². The summed E-state index contributed by atoms with van der Waals surface area (Å²) in [4.78, 5) is 0.0850. The van der Waals surface area contributed by atoms with E-state index in [-0.39, 0.29) is 16.5 Å². The zero-order valence-electron chi connectivity index (χ0n) is 11.0. The van der Waals surface area contributed by atoms with Crippen molar-refractivity contribution in [2.75, 3.05) is 6.54 Å². The lowest BCUT2D eigenvalue weighted by atomic mass is 9.83. The molecule has 1 aliphatic carbocycles. The normalized spacial score (nSPS) is 18.9. The fourth-order valence-corrected chi connectivity index (χ4v) is 4.62. The smallest absolute Gasteiger partial charge is 0.242 e. The third-order valence-electron chi connectivity index (χ3n) is 3.65. The number of nitrogens with two attached hydrogens (primary N) is 1. The average molecular weight is 382 g/mol. The van der Waals surface area contributed by atoms with Crippen molar-refractivity contribution in [1.29, 1.82) is 0 Å². The minimum atomic E-state index is -3.63. The van der Waals surface area contributed by atoms with Crippen molar-refractivity contribution in [1.82, 2.24) is 4.72 Å². The Bertz CT molecular complexity index is 586. The highest BCUT2D eigenvalue weighted by atomic mass is 79.9. The Kier molecular flexibility index (Phi) is 5.13. The zero-order valence-corrected chi connectivity index (χ0v) is 14.2. The molecule has 0 aromatic heterocycles. The van der Waals surface area contributed by atoms with Gasteiger partial charge in [0.05, 0.1) is 5.02 Å². The number of nitrogens with one attached hydrogen (secondary N) is 1. The van der Waals surface area contributed by atoms with Crippen LogP contribution < -0.4 is 10.5 Å². The number of sulfonamides is 1. The number of halogens is 2. The lowest BCUT2D eigenvalue weighted by Crippen LogP contribution is -2.51. The van der Waals surface area contributed by atoms with E-state index in [4.69, 9.17) is 17.3 Å². The highest BCUT2D eigenvalue weighted by Gasteiger charge is 2.29. The van der Waals surface area contributed by atoms with Gasteiger partial charge in [0.2, 0.25) is 10.0 Å². The van der Waals surface area contributed by atoms with Crippen LogP contribution in [-0.4, -0.2) is 20.5 Å². The molecule has 4 nitrogen and oxygen atoms in total. The zero-order chi connectivity index (χ0) is 14.8. The van der Waals surface area contributed by atoms with Crippen LogP contribution in [0.5, 0.6) is 0 Å². The van der Waals surface area contributed by atoms with E-state index in [9.17, 15) is 8.42 Å². The van der Waals surface area contributed by atoms with Crippen molar-refractivity contribution in [2.24, 2.45) is 5.73 Å². The van der Waals surface area contributed by atoms with Crippen LogP contribution in [0.15, 0.2) is 27.6 Å². The summed E-state index contributed by atoms with van der Waals surface area (Å²) in [7, 11) is -3.63. The van der Waals surface area contributed by atoms with Gasteiger partial charge in [-0.25, -0.2) is 13.1 Å². The van der Waals surface area contributed by atoms with E-state index < -0.39 is 15.6 Å². The molecule has 0 saturated heterocycles. The van der Waals surface area contributed by atoms with Crippen molar-refractivity contribution in [2.45, 2.75) is 42.5 Å². The molecule has 0 unspecified atom stereocenters. The molecule has 2 rings (SSSR count). The van der Waals surface area contributed by atoms with E-state index in [0.29, 0.717) is 0 Å². The molecule has 0 atom stereocenters. The van der Waals surface area contributed by atoms with E-state index in [0.717, 1.165) is 30.2 Å². The van der Waals surface area contributed by atoms with Gasteiger partial charge in [0, 0.05) is 16.6 Å². The molecule has 1 fully saturated rings. The lowest BCUT2D eigenvalue weighted by molar-refractivity contribution is 0.296. The first kappa shape index (κ1) is 16.2. The third-order valence-corrected chi connectivity index (χ3v) is 6.02. The van der Waals surface area contributed by atoms with Crippen molar-refractivity contribution >= 4 is 37.6 Å². The Hall–Kier alpha value is -0.140. The standard InChI is InChI=1S/C13H18BrClN2O2S/c14-10-4-5-12(11(15)8-10)20(18,19)17-9-13(16)6-2-1-3-7-13/h4-5,8,17H,1-3,6-7,9,16H2. The molecular weight excluding hydrogens is 364 g/mol. The predicted molar refractivity (Wildman–Crippen MR) is 84.3 cm³/mol. The summed E-state index contributed by atoms with van der Waals surface area (Å²) >= 11 is 9.24. The molecule has 0 spiro atoms. The Morgan fingerprint density at radius 2 is 1.95 bits per heavy atom. The maximum atomic E-state index is 12.3. The molecule has 20 heavy (non-hydrogen) atoms. The first-order chi connectivity index (χ1) is 9.32. The van der Waals surface area contributed by atoms with Gasteiger partial charge in [-0.1, -0.05) is 46.8 Å². The largest absolute Gasteiger partial charge is 0.324 e. The summed E-state index contributed by atoms with van der Waals surface area (Å²) in [6.45, 7) is 0.252. The number of benzene rings is 1. The first-order valence-electron chi connectivity index (χ1n) is 6.56. The van der Waals surface area contributed by atoms with Crippen molar-refractivity contribution < 1.29 is 8.42 Å². The molecule has 0 heterocycles. The SMILES string of the molecule is NC1(CNS(=O)(=O)c2ccc(Br)cc2Cl)CCCCC1. The van der Waals surface area contributed by atoms with Gasteiger partial charge in [-0.15, -0.1) is 0 Å². The first-order valence-corrected chi connectivity index (χ1v) is 9.21. The van der Waals surface area contributed by atoms with E-state index in [2.05, 4.69) is 20.7 Å². The quantitative estimate of drug-likeness (QED) is 0.842. The van der Waals surface area contributed by atoms with Crippen LogP contribution in [0.3, 0.4) is 0 Å². The Morgan fingerprint density at radius 3 is 2.55 bits per heavy atom. The van der Waals surface area contributed by atoms with Crippen LogP contribution in [-0.2, 0) is 10.0 Å². The fraction of sp³-hybridized carbons (Fsp3) is 0.538. The molecule has 1 saturated carbocycles. The molecule has 0 bridgehead atoms. The van der Waals surface area contributed by atoms with Gasteiger partial charge >= 0.3 is 0 Å². The Balaban J connectivity index is 2.11. The summed E-state index contributed by atoms with van der Waals surface area (Å²) in [5.74, 6) is 0. The van der Waals surface area contributed by atoms with Gasteiger partial charge in [-0.2, -0.15) is 0 Å². The molecule has 1 aromatic rings. The average Bonchev–Trinajstić information content (AvgIpc) is 2.37. The number of hydrogen-bond acceptors (Lipinski definition) is 3. The Labute approximate surface area is 133 Å². The minimum Gasteiger partial charge on any atom is -0.324 e. The summed E-state index contributed by atoms with van der Waals surface area (Å²) in [6, 6.07) is 4.70. The van der Waals surface area contributed by atoms with Gasteiger partial charge in [-0.3, -0.25) is 0 Å². The van der Waals surface area contributed by atoms with Gasteiger partial charge in [-0.05, 0) is 31.0 Å². The highest BCUT2D eigenvalue weighted by molar-refractivity contribution is 9.10. The van der Waals surface area contributed by atoms with E-state index in [1.54, 1.807) is 12.1 Å². The van der Waals surface area contributed by atoms with Crippen LogP contribution in [0.4, 0.5) is 0 Å². The second-order valence-corrected chi connectivity index (χ2v) is 8.38. The number of rotatable bonds is 4. The van der Waals surface area contributed by atoms with Crippen LogP contribution in [0.2, 0.25) is 5.02 Å². The maximum absolute atomic E-state index is 12.3. The van der Waals surface area contributed by atoms with Gasteiger partial charge in [0.15, 0.2) is 0 Å². The van der Waals surface area contributed by atoms with Gasteiger partial charge < -0.3 is 5.73 Å². The van der Waals surface area contributed by atoms with Crippen LogP contribution >= 0.6 is 27.5 Å². The number of hydrogen-bond donors (Lipinski definition) is 2. The summed E-state index contributed by atoms with van der Waals surface area (Å²) in [6.07, 6.45) is 4.98. The predicted octanol–water partition coefficient (Wildman–Crippen LogP) is 3.04. The molecule has 112 valence electrons. The third kappa shape index (κ3) is 3.95. The van der Waals surface area contributed by atoms with Crippen LogP contribution in [0.25, 0.3) is 0 Å². The van der Waals surface area contributed by atoms with Crippen molar-refractivity contribution in [3.63, 3.8) is 0 Å². The summed E-state index contributed by atoms with van der Waals surface area (Å²) < 4.78 is 27.9. The molecule has 1 aliphatic rings. The van der Waals surface area contributed by atoms with Crippen molar-refractivity contribution in [3.05, 3.63) is 27.7 Å². The highest BCUT2D eigenvalue weighted by Crippen LogP contribution is 2.27.